The van der Waals surface area contributed by atoms with Gasteiger partial charge in [0.1, 0.15) is 11.6 Å². The van der Waals surface area contributed by atoms with Crippen molar-refractivity contribution >= 4 is 22.4 Å². The Hall–Kier alpha value is -1.91. The monoisotopic (exact) mass is 287 g/mol. The van der Waals surface area contributed by atoms with Crippen LogP contribution >= 0.6 is 0 Å². The molecule has 2 aliphatic rings. The van der Waals surface area contributed by atoms with Crippen molar-refractivity contribution < 1.29 is 9.18 Å². The average Bonchev–Trinajstić information content (AvgIpc) is 2.78. The van der Waals surface area contributed by atoms with E-state index in [9.17, 15) is 9.18 Å². The van der Waals surface area contributed by atoms with E-state index in [1.54, 1.807) is 16.9 Å². The quantitative estimate of drug-likeness (QED) is 0.809. The molecule has 21 heavy (non-hydrogen) atoms. The van der Waals surface area contributed by atoms with Crippen LogP contribution in [-0.4, -0.2) is 28.7 Å². The van der Waals surface area contributed by atoms with Crippen LogP contribution in [-0.2, 0) is 11.8 Å². The van der Waals surface area contributed by atoms with Crippen LogP contribution in [0.25, 0.3) is 10.9 Å². The first-order valence-corrected chi connectivity index (χ1v) is 7.44. The summed E-state index contributed by atoms with van der Waals surface area (Å²) in [6.07, 6.45) is 5.12. The second kappa shape index (κ2) is 4.29. The van der Waals surface area contributed by atoms with Gasteiger partial charge in [0, 0.05) is 38.4 Å². The summed E-state index contributed by atoms with van der Waals surface area (Å²) in [7, 11) is 1.87. The van der Waals surface area contributed by atoms with Crippen molar-refractivity contribution in [2.75, 3.05) is 18.0 Å². The van der Waals surface area contributed by atoms with Gasteiger partial charge in [-0.25, -0.2) is 4.39 Å². The number of hydrogen-bond acceptors (Lipinski definition) is 3. The van der Waals surface area contributed by atoms with E-state index in [4.69, 9.17) is 0 Å². The molecule has 2 fully saturated rings. The van der Waals surface area contributed by atoms with Gasteiger partial charge in [-0.15, -0.1) is 0 Å². The number of carbonyl (C=O) groups is 1. The van der Waals surface area contributed by atoms with Gasteiger partial charge in [0.05, 0.1) is 17.4 Å². The summed E-state index contributed by atoms with van der Waals surface area (Å²) in [5, 5.41) is 5.00. The lowest BCUT2D eigenvalue weighted by Gasteiger charge is -2.47. The number of piperidine rings is 1. The second-order valence-corrected chi connectivity index (χ2v) is 6.51. The Morgan fingerprint density at radius 1 is 1.24 bits per heavy atom. The number of carbonyl (C=O) groups excluding carboxylic acids is 1. The van der Waals surface area contributed by atoms with E-state index < -0.39 is 0 Å². The Morgan fingerprint density at radius 3 is 2.62 bits per heavy atom. The molecular weight excluding hydrogens is 269 g/mol. The van der Waals surface area contributed by atoms with Gasteiger partial charge in [0.25, 0.3) is 0 Å². The topological polar surface area (TPSA) is 38.1 Å². The van der Waals surface area contributed by atoms with E-state index in [1.165, 1.54) is 0 Å². The zero-order valence-corrected chi connectivity index (χ0v) is 12.1. The minimum atomic E-state index is -0.184. The smallest absolute Gasteiger partial charge is 0.147 e. The molecule has 1 aromatic carbocycles. The molecule has 1 saturated carbocycles. The van der Waals surface area contributed by atoms with Crippen LogP contribution in [0, 0.1) is 11.2 Å². The standard InChI is InChI=1S/C16H18FN3O/c1-19-14-7-15(13(17)6-11(14)10-18-19)20-4-2-16(3-5-20)8-12(21)9-16/h6-7,10H,2-5,8-9H2,1H3. The Labute approximate surface area is 122 Å². The number of benzene rings is 1. The van der Waals surface area contributed by atoms with Crippen LogP contribution in [0.3, 0.4) is 0 Å². The summed E-state index contributed by atoms with van der Waals surface area (Å²) >= 11 is 0. The molecule has 1 spiro atoms. The molecule has 1 saturated heterocycles. The third-order valence-electron chi connectivity index (χ3n) is 5.12. The van der Waals surface area contributed by atoms with E-state index in [0.29, 0.717) is 11.5 Å². The van der Waals surface area contributed by atoms with E-state index in [-0.39, 0.29) is 11.2 Å². The van der Waals surface area contributed by atoms with Crippen LogP contribution in [0.4, 0.5) is 10.1 Å². The molecule has 0 N–H and O–H groups in total. The van der Waals surface area contributed by atoms with Gasteiger partial charge in [-0.05, 0) is 30.4 Å². The number of ketones is 1. The molecule has 5 heteroatoms. The molecular formula is C16H18FN3O. The SMILES string of the molecule is Cn1ncc2cc(F)c(N3CCC4(CC3)CC(=O)C4)cc21. The van der Waals surface area contributed by atoms with Crippen LogP contribution < -0.4 is 4.90 Å². The first-order valence-electron chi connectivity index (χ1n) is 7.44. The van der Waals surface area contributed by atoms with Crippen LogP contribution in [0.2, 0.25) is 0 Å². The predicted molar refractivity (Wildman–Crippen MR) is 78.8 cm³/mol. The number of nitrogens with zero attached hydrogens (tertiary/aromatic N) is 3. The normalized spacial score (nSPS) is 21.0. The number of aryl methyl sites for hydroxylation is 1. The highest BCUT2D eigenvalue weighted by Gasteiger charge is 2.45. The molecule has 1 aliphatic heterocycles. The lowest BCUT2D eigenvalue weighted by Crippen LogP contribution is -2.47. The molecule has 110 valence electrons. The van der Waals surface area contributed by atoms with Gasteiger partial charge >= 0.3 is 0 Å². The van der Waals surface area contributed by atoms with E-state index >= 15 is 0 Å². The third-order valence-corrected chi connectivity index (χ3v) is 5.12. The number of hydrogen-bond donors (Lipinski definition) is 0. The van der Waals surface area contributed by atoms with Gasteiger partial charge in [0.2, 0.25) is 0 Å². The van der Waals surface area contributed by atoms with Crippen LogP contribution in [0.5, 0.6) is 0 Å². The summed E-state index contributed by atoms with van der Waals surface area (Å²) < 4.78 is 16.1. The van der Waals surface area contributed by atoms with E-state index in [0.717, 1.165) is 49.7 Å². The van der Waals surface area contributed by atoms with E-state index in [2.05, 4.69) is 10.00 Å². The maximum Gasteiger partial charge on any atom is 0.147 e. The number of fused-ring (bicyclic) bond motifs is 1. The fraction of sp³-hybridized carbons (Fsp3) is 0.500. The first-order chi connectivity index (χ1) is 10.1. The van der Waals surface area contributed by atoms with Crippen molar-refractivity contribution in [3.8, 4) is 0 Å². The number of aromatic nitrogens is 2. The van der Waals surface area contributed by atoms with Crippen LogP contribution in [0.1, 0.15) is 25.7 Å². The van der Waals surface area contributed by atoms with Gasteiger partial charge < -0.3 is 4.90 Å². The molecule has 0 unspecified atom stereocenters. The molecule has 2 aromatic rings. The van der Waals surface area contributed by atoms with Gasteiger partial charge in [-0.3, -0.25) is 9.48 Å². The maximum atomic E-state index is 14.3. The summed E-state index contributed by atoms with van der Waals surface area (Å²) in [6.45, 7) is 1.65. The minimum absolute atomic E-state index is 0.184. The summed E-state index contributed by atoms with van der Waals surface area (Å²) in [5.41, 5.74) is 1.83. The fourth-order valence-corrected chi connectivity index (χ4v) is 3.76. The lowest BCUT2D eigenvalue weighted by atomic mass is 9.62. The maximum absolute atomic E-state index is 14.3. The van der Waals surface area contributed by atoms with Gasteiger partial charge in [-0.2, -0.15) is 5.10 Å². The van der Waals surface area contributed by atoms with Gasteiger partial charge in [0.15, 0.2) is 0 Å². The highest BCUT2D eigenvalue weighted by Crippen LogP contribution is 2.47. The zero-order valence-electron chi connectivity index (χ0n) is 12.1. The first kappa shape index (κ1) is 12.8. The number of halogens is 1. The lowest BCUT2D eigenvalue weighted by molar-refractivity contribution is -0.133. The Morgan fingerprint density at radius 2 is 1.95 bits per heavy atom. The minimum Gasteiger partial charge on any atom is -0.369 e. The van der Waals surface area contributed by atoms with E-state index in [1.807, 2.05) is 13.1 Å². The summed E-state index contributed by atoms with van der Waals surface area (Å²) in [6, 6.07) is 3.45. The molecule has 0 bridgehead atoms. The highest BCUT2D eigenvalue weighted by atomic mass is 19.1. The molecule has 0 atom stereocenters. The second-order valence-electron chi connectivity index (χ2n) is 6.51. The van der Waals surface area contributed by atoms with Crippen molar-refractivity contribution in [3.05, 3.63) is 24.1 Å². The summed E-state index contributed by atoms with van der Waals surface area (Å²) in [4.78, 5) is 13.4. The predicted octanol–water partition coefficient (Wildman–Crippen LogP) is 2.66. The van der Waals surface area contributed by atoms with Crippen molar-refractivity contribution in [2.24, 2.45) is 12.5 Å². The Kier molecular flexibility index (Phi) is 2.62. The molecule has 1 aliphatic carbocycles. The summed E-state index contributed by atoms with van der Waals surface area (Å²) in [5.74, 6) is 0.196. The molecule has 2 heterocycles. The van der Waals surface area contributed by atoms with Gasteiger partial charge in [-0.1, -0.05) is 0 Å². The Bertz CT molecular complexity index is 718. The fourth-order valence-electron chi connectivity index (χ4n) is 3.76. The molecule has 0 radical (unpaired) electrons. The third kappa shape index (κ3) is 1.94. The molecule has 1 aromatic heterocycles. The van der Waals surface area contributed by atoms with Crippen molar-refractivity contribution in [3.63, 3.8) is 0 Å². The Balaban J connectivity index is 1.60. The molecule has 4 rings (SSSR count). The van der Waals surface area contributed by atoms with Crippen molar-refractivity contribution in [1.82, 2.24) is 9.78 Å². The number of rotatable bonds is 1. The number of Topliss-reactive ketones (excluding diaryl/α,β-unsaturated/α-hetero) is 1. The zero-order chi connectivity index (χ0) is 14.6. The van der Waals surface area contributed by atoms with Crippen molar-refractivity contribution in [1.29, 1.82) is 0 Å². The van der Waals surface area contributed by atoms with Crippen molar-refractivity contribution in [2.45, 2.75) is 25.7 Å². The molecule has 4 nitrogen and oxygen atoms in total. The number of anilines is 1. The highest BCUT2D eigenvalue weighted by molar-refractivity contribution is 5.86. The average molecular weight is 287 g/mol. The largest absolute Gasteiger partial charge is 0.369 e. The van der Waals surface area contributed by atoms with Crippen LogP contribution in [0.15, 0.2) is 18.3 Å². The molecule has 0 amide bonds.